The Bertz CT molecular complexity index is 524. The zero-order valence-corrected chi connectivity index (χ0v) is 8.79. The van der Waals surface area contributed by atoms with Gasteiger partial charge in [0.15, 0.2) is 0 Å². The van der Waals surface area contributed by atoms with Crippen LogP contribution < -0.4 is 11.1 Å². The number of nitrogens with two attached hydrogens (primary N) is 1. The molecule has 2 aromatic rings. The Morgan fingerprint density at radius 3 is 2.88 bits per heavy atom. The van der Waals surface area contributed by atoms with Crippen molar-refractivity contribution in [2.75, 3.05) is 11.1 Å². The molecule has 3 N–H and O–H groups in total. The maximum Gasteiger partial charge on any atom is 0.311 e. The number of furan rings is 1. The molecule has 0 saturated heterocycles. The fourth-order valence-electron chi connectivity index (χ4n) is 1.31. The number of hydrogen-bond donors (Lipinski definition) is 2. The van der Waals surface area contributed by atoms with Crippen LogP contribution in [-0.2, 0) is 6.54 Å². The standard InChI is InChI=1S/C10H10N4O3/c11-10-8(14(15)16)3-4-9(13-10)12-6-7-2-1-5-17-7/h1-5H,6H2,(H3,11,12,13). The molecule has 0 fully saturated rings. The first-order chi connectivity index (χ1) is 8.16. The third-order valence-electron chi connectivity index (χ3n) is 2.12. The fraction of sp³-hybridized carbons (Fsp3) is 0.100. The number of nitrogen functional groups attached to an aromatic ring is 1. The first-order valence-electron chi connectivity index (χ1n) is 4.84. The molecule has 7 nitrogen and oxygen atoms in total. The summed E-state index contributed by atoms with van der Waals surface area (Å²) in [5.41, 5.74) is 5.25. The molecule has 0 spiro atoms. The van der Waals surface area contributed by atoms with Gasteiger partial charge in [0.1, 0.15) is 11.6 Å². The van der Waals surface area contributed by atoms with E-state index in [-0.39, 0.29) is 11.5 Å². The maximum atomic E-state index is 10.5. The van der Waals surface area contributed by atoms with Crippen LogP contribution in [0.2, 0.25) is 0 Å². The molecule has 0 bridgehead atoms. The number of aromatic nitrogens is 1. The number of nitro groups is 1. The maximum absolute atomic E-state index is 10.5. The highest BCUT2D eigenvalue weighted by Crippen LogP contribution is 2.20. The Hall–Kier alpha value is -2.57. The quantitative estimate of drug-likeness (QED) is 0.616. The zero-order valence-electron chi connectivity index (χ0n) is 8.79. The van der Waals surface area contributed by atoms with E-state index < -0.39 is 4.92 Å². The Kier molecular flexibility index (Phi) is 2.91. The molecule has 17 heavy (non-hydrogen) atoms. The number of pyridine rings is 1. The number of nitrogens with zero attached hydrogens (tertiary/aromatic N) is 2. The molecule has 2 rings (SSSR count). The average molecular weight is 234 g/mol. The molecular formula is C10H10N4O3. The Balaban J connectivity index is 2.07. The topological polar surface area (TPSA) is 107 Å². The third kappa shape index (κ3) is 2.51. The van der Waals surface area contributed by atoms with E-state index in [0.29, 0.717) is 12.4 Å². The van der Waals surface area contributed by atoms with Crippen molar-refractivity contribution >= 4 is 17.3 Å². The van der Waals surface area contributed by atoms with E-state index >= 15 is 0 Å². The molecule has 0 unspecified atom stereocenters. The SMILES string of the molecule is Nc1nc(NCc2ccco2)ccc1[N+](=O)[O-]. The summed E-state index contributed by atoms with van der Waals surface area (Å²) in [5.74, 6) is 1.09. The molecule has 2 heterocycles. The predicted molar refractivity (Wildman–Crippen MR) is 61.3 cm³/mol. The first kappa shape index (κ1) is 10.9. The monoisotopic (exact) mass is 234 g/mol. The van der Waals surface area contributed by atoms with Crippen molar-refractivity contribution in [1.82, 2.24) is 4.98 Å². The van der Waals surface area contributed by atoms with Gasteiger partial charge in [0.25, 0.3) is 0 Å². The number of nitrogens with one attached hydrogen (secondary N) is 1. The summed E-state index contributed by atoms with van der Waals surface area (Å²) < 4.78 is 5.12. The van der Waals surface area contributed by atoms with Gasteiger partial charge in [0, 0.05) is 6.07 Å². The first-order valence-corrected chi connectivity index (χ1v) is 4.84. The molecule has 0 amide bonds. The minimum Gasteiger partial charge on any atom is -0.467 e. The van der Waals surface area contributed by atoms with Crippen LogP contribution in [0.25, 0.3) is 0 Å². The van der Waals surface area contributed by atoms with Crippen LogP contribution in [0.4, 0.5) is 17.3 Å². The summed E-state index contributed by atoms with van der Waals surface area (Å²) in [7, 11) is 0. The van der Waals surface area contributed by atoms with Crippen molar-refractivity contribution in [2.45, 2.75) is 6.54 Å². The lowest BCUT2D eigenvalue weighted by atomic mass is 10.3. The Morgan fingerprint density at radius 2 is 2.29 bits per heavy atom. The molecule has 7 heteroatoms. The van der Waals surface area contributed by atoms with Crippen molar-refractivity contribution in [2.24, 2.45) is 0 Å². The third-order valence-corrected chi connectivity index (χ3v) is 2.12. The van der Waals surface area contributed by atoms with E-state index in [0.717, 1.165) is 5.76 Å². The van der Waals surface area contributed by atoms with Crippen LogP contribution in [0.1, 0.15) is 5.76 Å². The van der Waals surface area contributed by atoms with Crippen LogP contribution in [0.3, 0.4) is 0 Å². The van der Waals surface area contributed by atoms with Gasteiger partial charge in [-0.05, 0) is 18.2 Å². The van der Waals surface area contributed by atoms with Crippen molar-refractivity contribution in [1.29, 1.82) is 0 Å². The second-order valence-corrected chi connectivity index (χ2v) is 3.29. The normalized spacial score (nSPS) is 10.1. The highest BCUT2D eigenvalue weighted by Gasteiger charge is 2.12. The van der Waals surface area contributed by atoms with Gasteiger partial charge in [-0.3, -0.25) is 10.1 Å². The lowest BCUT2D eigenvalue weighted by Crippen LogP contribution is -2.04. The summed E-state index contributed by atoms with van der Waals surface area (Å²) in [6.45, 7) is 0.442. The fourth-order valence-corrected chi connectivity index (χ4v) is 1.31. The minimum atomic E-state index is -0.571. The van der Waals surface area contributed by atoms with Gasteiger partial charge < -0.3 is 15.5 Å². The second kappa shape index (κ2) is 4.52. The van der Waals surface area contributed by atoms with Gasteiger partial charge >= 0.3 is 5.69 Å². The van der Waals surface area contributed by atoms with Gasteiger partial charge in [-0.2, -0.15) is 0 Å². The van der Waals surface area contributed by atoms with Crippen molar-refractivity contribution < 1.29 is 9.34 Å². The lowest BCUT2D eigenvalue weighted by molar-refractivity contribution is -0.384. The van der Waals surface area contributed by atoms with Gasteiger partial charge in [-0.15, -0.1) is 0 Å². The van der Waals surface area contributed by atoms with E-state index in [2.05, 4.69) is 10.3 Å². The molecule has 2 aromatic heterocycles. The summed E-state index contributed by atoms with van der Waals surface area (Å²) in [5, 5.41) is 13.5. The predicted octanol–water partition coefficient (Wildman–Crippen LogP) is 1.78. The molecule has 0 saturated carbocycles. The summed E-state index contributed by atoms with van der Waals surface area (Å²) in [4.78, 5) is 13.8. The van der Waals surface area contributed by atoms with E-state index in [9.17, 15) is 10.1 Å². The Labute approximate surface area is 96.4 Å². The molecule has 88 valence electrons. The van der Waals surface area contributed by atoms with Gasteiger partial charge in [-0.25, -0.2) is 4.98 Å². The molecule has 0 atom stereocenters. The molecule has 0 aliphatic heterocycles. The molecule has 0 radical (unpaired) electrons. The van der Waals surface area contributed by atoms with Crippen molar-refractivity contribution in [3.05, 3.63) is 46.4 Å². The summed E-state index contributed by atoms with van der Waals surface area (Å²) >= 11 is 0. The van der Waals surface area contributed by atoms with E-state index in [1.807, 2.05) is 6.07 Å². The zero-order chi connectivity index (χ0) is 12.3. The van der Waals surface area contributed by atoms with E-state index in [1.54, 1.807) is 12.3 Å². The van der Waals surface area contributed by atoms with Crippen molar-refractivity contribution in [3.63, 3.8) is 0 Å². The van der Waals surface area contributed by atoms with Crippen LogP contribution >= 0.6 is 0 Å². The highest BCUT2D eigenvalue weighted by molar-refractivity contribution is 5.57. The molecule has 0 aliphatic carbocycles. The van der Waals surface area contributed by atoms with Gasteiger partial charge in [0.2, 0.25) is 5.82 Å². The summed E-state index contributed by atoms with van der Waals surface area (Å²) in [6, 6.07) is 6.39. The highest BCUT2D eigenvalue weighted by atomic mass is 16.6. The van der Waals surface area contributed by atoms with Gasteiger partial charge in [0.05, 0.1) is 17.7 Å². The number of anilines is 2. The van der Waals surface area contributed by atoms with Crippen LogP contribution in [0, 0.1) is 10.1 Å². The van der Waals surface area contributed by atoms with E-state index in [1.165, 1.54) is 12.1 Å². The molecular weight excluding hydrogens is 224 g/mol. The van der Waals surface area contributed by atoms with Crippen LogP contribution in [-0.4, -0.2) is 9.91 Å². The smallest absolute Gasteiger partial charge is 0.311 e. The summed E-state index contributed by atoms with van der Waals surface area (Å²) in [6.07, 6.45) is 1.56. The number of hydrogen-bond acceptors (Lipinski definition) is 6. The molecule has 0 aromatic carbocycles. The second-order valence-electron chi connectivity index (χ2n) is 3.29. The van der Waals surface area contributed by atoms with Crippen LogP contribution in [0.15, 0.2) is 34.9 Å². The molecule has 0 aliphatic rings. The van der Waals surface area contributed by atoms with E-state index in [4.69, 9.17) is 10.2 Å². The Morgan fingerprint density at radius 1 is 1.47 bits per heavy atom. The van der Waals surface area contributed by atoms with Gasteiger partial charge in [-0.1, -0.05) is 0 Å². The lowest BCUT2D eigenvalue weighted by Gasteiger charge is -2.04. The largest absolute Gasteiger partial charge is 0.467 e. The van der Waals surface area contributed by atoms with Crippen molar-refractivity contribution in [3.8, 4) is 0 Å². The average Bonchev–Trinajstić information content (AvgIpc) is 2.78. The van der Waals surface area contributed by atoms with Crippen LogP contribution in [0.5, 0.6) is 0 Å². The number of rotatable bonds is 4. The minimum absolute atomic E-state index is 0.112.